The van der Waals surface area contributed by atoms with Crippen LogP contribution in [-0.4, -0.2) is 12.6 Å². The van der Waals surface area contributed by atoms with Gasteiger partial charge in [-0.25, -0.2) is 0 Å². The quantitative estimate of drug-likeness (QED) is 0.901. The van der Waals surface area contributed by atoms with Crippen molar-refractivity contribution in [3.8, 4) is 6.07 Å². The van der Waals surface area contributed by atoms with Crippen molar-refractivity contribution < 1.29 is 0 Å². The van der Waals surface area contributed by atoms with Gasteiger partial charge in [0.25, 0.3) is 0 Å². The fourth-order valence-corrected chi connectivity index (χ4v) is 2.97. The molecule has 4 heteroatoms. The normalized spacial score (nSPS) is 23.4. The van der Waals surface area contributed by atoms with Crippen LogP contribution < -0.4 is 11.1 Å². The van der Waals surface area contributed by atoms with E-state index in [1.165, 1.54) is 19.3 Å². The minimum Gasteiger partial charge on any atom is -0.381 e. The van der Waals surface area contributed by atoms with Crippen LogP contribution in [0.4, 0.5) is 5.69 Å². The summed E-state index contributed by atoms with van der Waals surface area (Å²) in [6.07, 6.45) is 4.83. The highest BCUT2D eigenvalue weighted by atomic mass is 79.9. The summed E-state index contributed by atoms with van der Waals surface area (Å²) >= 11 is 3.45. The van der Waals surface area contributed by atoms with Gasteiger partial charge in [-0.15, -0.1) is 0 Å². The molecule has 0 aromatic heterocycles. The van der Waals surface area contributed by atoms with Crippen molar-refractivity contribution in [2.45, 2.75) is 31.7 Å². The second-order valence-corrected chi connectivity index (χ2v) is 5.75. The van der Waals surface area contributed by atoms with Crippen LogP contribution in [0.2, 0.25) is 0 Å². The topological polar surface area (TPSA) is 61.8 Å². The van der Waals surface area contributed by atoms with Gasteiger partial charge < -0.3 is 11.1 Å². The predicted octanol–water partition coefficient (Wildman–Crippen LogP) is 3.25. The molecule has 0 radical (unpaired) electrons. The van der Waals surface area contributed by atoms with Gasteiger partial charge in [-0.2, -0.15) is 5.26 Å². The predicted molar refractivity (Wildman–Crippen MR) is 77.3 cm³/mol. The molecular formula is C14H18BrN3. The number of nitriles is 1. The molecule has 18 heavy (non-hydrogen) atoms. The van der Waals surface area contributed by atoms with Crippen molar-refractivity contribution in [3.05, 3.63) is 28.2 Å². The Balaban J connectivity index is 2.17. The van der Waals surface area contributed by atoms with Crippen LogP contribution in [0.15, 0.2) is 22.7 Å². The first-order valence-electron chi connectivity index (χ1n) is 6.41. The maximum atomic E-state index is 9.13. The van der Waals surface area contributed by atoms with Gasteiger partial charge in [0.2, 0.25) is 0 Å². The molecule has 1 saturated carbocycles. The first kappa shape index (κ1) is 13.4. The van der Waals surface area contributed by atoms with Gasteiger partial charge in [-0.3, -0.25) is 0 Å². The molecule has 0 amide bonds. The number of anilines is 1. The van der Waals surface area contributed by atoms with E-state index in [-0.39, 0.29) is 0 Å². The van der Waals surface area contributed by atoms with Gasteiger partial charge in [-0.1, -0.05) is 28.8 Å². The van der Waals surface area contributed by atoms with E-state index in [1.807, 2.05) is 18.2 Å². The molecule has 0 aliphatic heterocycles. The molecule has 1 aromatic rings. The summed E-state index contributed by atoms with van der Waals surface area (Å²) in [5.74, 6) is 0.518. The lowest BCUT2D eigenvalue weighted by molar-refractivity contribution is 0.332. The average molecular weight is 308 g/mol. The Labute approximate surface area is 116 Å². The van der Waals surface area contributed by atoms with Gasteiger partial charge in [0.15, 0.2) is 0 Å². The summed E-state index contributed by atoms with van der Waals surface area (Å²) in [7, 11) is 0. The zero-order valence-electron chi connectivity index (χ0n) is 10.3. The molecule has 96 valence electrons. The van der Waals surface area contributed by atoms with Crippen molar-refractivity contribution in [1.29, 1.82) is 5.26 Å². The van der Waals surface area contributed by atoms with Gasteiger partial charge in [0.05, 0.1) is 11.3 Å². The minimum atomic E-state index is 0.394. The number of halogens is 1. The number of hydrogen-bond acceptors (Lipinski definition) is 3. The first-order chi connectivity index (χ1) is 8.74. The van der Waals surface area contributed by atoms with Gasteiger partial charge >= 0.3 is 0 Å². The zero-order valence-corrected chi connectivity index (χ0v) is 11.9. The maximum absolute atomic E-state index is 9.13. The molecule has 3 nitrogen and oxygen atoms in total. The number of hydrogen-bond donors (Lipinski definition) is 2. The molecular weight excluding hydrogens is 290 g/mol. The smallest absolute Gasteiger partial charge is 0.101 e. The van der Waals surface area contributed by atoms with Crippen LogP contribution in [0, 0.1) is 17.2 Å². The van der Waals surface area contributed by atoms with Crippen LogP contribution in [0.3, 0.4) is 0 Å². The van der Waals surface area contributed by atoms with E-state index in [4.69, 9.17) is 11.0 Å². The third-order valence-corrected chi connectivity index (χ3v) is 4.15. The van der Waals surface area contributed by atoms with Crippen molar-refractivity contribution in [2.75, 3.05) is 11.9 Å². The highest BCUT2D eigenvalue weighted by Crippen LogP contribution is 2.29. The molecule has 2 unspecified atom stereocenters. The van der Waals surface area contributed by atoms with Crippen molar-refractivity contribution >= 4 is 21.6 Å². The summed E-state index contributed by atoms with van der Waals surface area (Å²) in [4.78, 5) is 0. The molecule has 0 bridgehead atoms. The highest BCUT2D eigenvalue weighted by Gasteiger charge is 2.24. The van der Waals surface area contributed by atoms with Crippen molar-refractivity contribution in [3.63, 3.8) is 0 Å². The lowest BCUT2D eigenvalue weighted by Gasteiger charge is -2.32. The molecule has 2 atom stereocenters. The summed E-state index contributed by atoms with van der Waals surface area (Å²) < 4.78 is 0.990. The monoisotopic (exact) mass is 307 g/mol. The van der Waals surface area contributed by atoms with Gasteiger partial charge in [-0.05, 0) is 43.5 Å². The number of rotatable bonds is 3. The summed E-state index contributed by atoms with van der Waals surface area (Å²) in [5.41, 5.74) is 7.44. The number of benzene rings is 1. The van der Waals surface area contributed by atoms with E-state index >= 15 is 0 Å². The standard InChI is InChI=1S/C14H18BrN3/c15-12-6-5-11(9-17)14(7-12)18-13-4-2-1-3-10(13)8-16/h5-7,10,13,18H,1-4,8,16H2. The van der Waals surface area contributed by atoms with E-state index in [1.54, 1.807) is 0 Å². The minimum absolute atomic E-state index is 0.394. The van der Waals surface area contributed by atoms with Crippen molar-refractivity contribution in [2.24, 2.45) is 11.7 Å². The van der Waals surface area contributed by atoms with E-state index in [0.717, 1.165) is 16.6 Å². The molecule has 0 heterocycles. The lowest BCUT2D eigenvalue weighted by atomic mass is 9.84. The number of nitrogens with one attached hydrogen (secondary N) is 1. The maximum Gasteiger partial charge on any atom is 0.101 e. The Morgan fingerprint density at radius 1 is 1.39 bits per heavy atom. The fourth-order valence-electron chi connectivity index (χ4n) is 2.61. The number of nitrogens with zero attached hydrogens (tertiary/aromatic N) is 1. The SMILES string of the molecule is N#Cc1ccc(Br)cc1NC1CCCCC1CN. The summed E-state index contributed by atoms with van der Waals surface area (Å²) in [6.45, 7) is 0.716. The lowest BCUT2D eigenvalue weighted by Crippen LogP contribution is -2.36. The Morgan fingerprint density at radius 3 is 2.89 bits per heavy atom. The molecule has 0 spiro atoms. The number of nitrogens with two attached hydrogens (primary N) is 1. The fraction of sp³-hybridized carbons (Fsp3) is 0.500. The van der Waals surface area contributed by atoms with E-state index < -0.39 is 0 Å². The largest absolute Gasteiger partial charge is 0.381 e. The van der Waals surface area contributed by atoms with Crippen LogP contribution in [0.25, 0.3) is 0 Å². The van der Waals surface area contributed by atoms with Crippen LogP contribution in [0.5, 0.6) is 0 Å². The Bertz CT molecular complexity index is 453. The molecule has 3 N–H and O–H groups in total. The van der Waals surface area contributed by atoms with Crippen LogP contribution in [-0.2, 0) is 0 Å². The van der Waals surface area contributed by atoms with E-state index in [2.05, 4.69) is 27.3 Å². The van der Waals surface area contributed by atoms with E-state index in [0.29, 0.717) is 24.1 Å². The zero-order chi connectivity index (χ0) is 13.0. The molecule has 0 saturated heterocycles. The molecule has 1 aliphatic rings. The van der Waals surface area contributed by atoms with Gasteiger partial charge in [0, 0.05) is 10.5 Å². The first-order valence-corrected chi connectivity index (χ1v) is 7.20. The summed E-state index contributed by atoms with van der Waals surface area (Å²) in [5, 5.41) is 12.6. The van der Waals surface area contributed by atoms with Gasteiger partial charge in [0.1, 0.15) is 6.07 Å². The Kier molecular flexibility index (Phi) is 4.62. The van der Waals surface area contributed by atoms with E-state index in [9.17, 15) is 0 Å². The second kappa shape index (κ2) is 6.21. The Morgan fingerprint density at radius 2 is 2.17 bits per heavy atom. The average Bonchev–Trinajstić information content (AvgIpc) is 2.40. The molecule has 2 rings (SSSR count). The van der Waals surface area contributed by atoms with Crippen molar-refractivity contribution in [1.82, 2.24) is 0 Å². The van der Waals surface area contributed by atoms with Crippen LogP contribution >= 0.6 is 15.9 Å². The molecule has 1 aromatic carbocycles. The molecule has 1 aliphatic carbocycles. The third kappa shape index (κ3) is 3.04. The Hall–Kier alpha value is -1.05. The molecule has 1 fully saturated rings. The summed E-state index contributed by atoms with van der Waals surface area (Å²) in [6, 6.07) is 8.33. The highest BCUT2D eigenvalue weighted by molar-refractivity contribution is 9.10. The second-order valence-electron chi connectivity index (χ2n) is 4.83. The van der Waals surface area contributed by atoms with Crippen LogP contribution in [0.1, 0.15) is 31.2 Å². The third-order valence-electron chi connectivity index (χ3n) is 3.65.